The molecular formula is C36H51N3O9. The summed E-state index contributed by atoms with van der Waals surface area (Å²) >= 11 is 0. The molecule has 2 spiro atoms. The van der Waals surface area contributed by atoms with Crippen molar-refractivity contribution in [1.82, 2.24) is 10.2 Å². The van der Waals surface area contributed by atoms with Gasteiger partial charge in [-0.2, -0.15) is 0 Å². The number of phenols is 1. The zero-order chi connectivity index (χ0) is 35.1. The van der Waals surface area contributed by atoms with Crippen molar-refractivity contribution in [3.05, 3.63) is 45.4 Å². The van der Waals surface area contributed by atoms with E-state index >= 15 is 0 Å². The number of nitrogens with one attached hydrogen (secondary N) is 1. The van der Waals surface area contributed by atoms with Crippen molar-refractivity contribution in [3.63, 3.8) is 0 Å². The van der Waals surface area contributed by atoms with E-state index in [9.17, 15) is 24.9 Å². The lowest BCUT2D eigenvalue weighted by molar-refractivity contribution is -0.244. The third-order valence-corrected chi connectivity index (χ3v) is 10.9. The maximum Gasteiger partial charge on any atom is 0.226 e. The van der Waals surface area contributed by atoms with Gasteiger partial charge in [0.25, 0.3) is 0 Å². The molecule has 0 amide bonds. The zero-order valence-corrected chi connectivity index (χ0v) is 29.7. The third kappa shape index (κ3) is 4.93. The molecule has 6 rings (SSSR count). The van der Waals surface area contributed by atoms with Gasteiger partial charge in [0.05, 0.1) is 55.6 Å². The average molecular weight is 670 g/mol. The monoisotopic (exact) mass is 669 g/mol. The minimum absolute atomic E-state index is 0.0102. The van der Waals surface area contributed by atoms with Gasteiger partial charge in [-0.25, -0.2) is 0 Å². The summed E-state index contributed by atoms with van der Waals surface area (Å²) in [6, 6.07) is 1.23. The Morgan fingerprint density at radius 1 is 1.00 bits per heavy atom. The van der Waals surface area contributed by atoms with E-state index in [0.29, 0.717) is 29.5 Å². The summed E-state index contributed by atoms with van der Waals surface area (Å²) in [6.45, 7) is 10.0. The van der Waals surface area contributed by atoms with Gasteiger partial charge in [0.2, 0.25) is 11.6 Å². The van der Waals surface area contributed by atoms with Gasteiger partial charge in [-0.3, -0.25) is 14.5 Å². The van der Waals surface area contributed by atoms with E-state index in [1.165, 1.54) is 6.92 Å². The van der Waals surface area contributed by atoms with E-state index in [2.05, 4.69) is 5.32 Å². The predicted molar refractivity (Wildman–Crippen MR) is 178 cm³/mol. The largest absolute Gasteiger partial charge is 0.511 e. The van der Waals surface area contributed by atoms with Crippen molar-refractivity contribution in [2.45, 2.75) is 77.0 Å². The normalized spacial score (nSPS) is 29.0. The van der Waals surface area contributed by atoms with Crippen molar-refractivity contribution < 1.29 is 43.9 Å². The van der Waals surface area contributed by atoms with Gasteiger partial charge in [-0.15, -0.1) is 0 Å². The fourth-order valence-electron chi connectivity index (χ4n) is 8.98. The van der Waals surface area contributed by atoms with Crippen molar-refractivity contribution in [2.24, 2.45) is 17.3 Å². The lowest BCUT2D eigenvalue weighted by atomic mass is 9.51. The van der Waals surface area contributed by atoms with Crippen LogP contribution < -0.4 is 10.2 Å². The van der Waals surface area contributed by atoms with Gasteiger partial charge >= 0.3 is 0 Å². The lowest BCUT2D eigenvalue weighted by Gasteiger charge is -2.60. The van der Waals surface area contributed by atoms with E-state index in [1.54, 1.807) is 0 Å². The predicted octanol–water partition coefficient (Wildman–Crippen LogP) is 3.26. The Kier molecular flexibility index (Phi) is 8.57. The first kappa shape index (κ1) is 34.8. The van der Waals surface area contributed by atoms with Gasteiger partial charge in [-0.05, 0) is 79.1 Å². The number of nitrogens with zero attached hydrogens (tertiary/aromatic N) is 2. The fraction of sp³-hybridized carbons (Fsp3) is 0.667. The molecule has 48 heavy (non-hydrogen) atoms. The molecular weight excluding hydrogens is 618 g/mol. The molecule has 1 aromatic rings. The van der Waals surface area contributed by atoms with Gasteiger partial charge in [0.1, 0.15) is 17.3 Å². The second kappa shape index (κ2) is 11.8. The Morgan fingerprint density at radius 2 is 1.60 bits per heavy atom. The van der Waals surface area contributed by atoms with Crippen LogP contribution in [0.5, 0.6) is 5.75 Å². The minimum Gasteiger partial charge on any atom is -0.511 e. The molecule has 0 radical (unpaired) electrons. The highest BCUT2D eigenvalue weighted by Gasteiger charge is 2.72. The highest BCUT2D eigenvalue weighted by atomic mass is 16.7. The first-order chi connectivity index (χ1) is 22.4. The zero-order valence-electron chi connectivity index (χ0n) is 29.7. The molecule has 12 nitrogen and oxygen atoms in total. The number of likely N-dealkylation sites (N-methyl/N-ethyl adjacent to an activating group) is 1. The Morgan fingerprint density at radius 3 is 2.15 bits per heavy atom. The number of Topliss-reactive ketones (excluding diaryl/α,β-unsaturated/α-hetero) is 2. The maximum absolute atomic E-state index is 13.3. The first-order valence-corrected chi connectivity index (χ1v) is 16.8. The molecule has 3 aliphatic carbocycles. The molecule has 2 aliphatic heterocycles. The summed E-state index contributed by atoms with van der Waals surface area (Å²) < 4.78 is 25.7. The number of carbonyl (C=O) groups is 2. The van der Waals surface area contributed by atoms with E-state index in [-0.39, 0.29) is 79.5 Å². The fourth-order valence-corrected chi connectivity index (χ4v) is 8.98. The molecule has 4 atom stereocenters. The van der Waals surface area contributed by atoms with E-state index in [4.69, 9.17) is 18.9 Å². The molecule has 4 N–H and O–H groups in total. The van der Waals surface area contributed by atoms with Crippen LogP contribution in [-0.4, -0.2) is 110 Å². The maximum atomic E-state index is 13.3. The second-order valence-corrected chi connectivity index (χ2v) is 15.5. The van der Waals surface area contributed by atoms with Crippen LogP contribution >= 0.6 is 0 Å². The van der Waals surface area contributed by atoms with Crippen molar-refractivity contribution in [3.8, 4) is 5.75 Å². The first-order valence-electron chi connectivity index (χ1n) is 16.8. The summed E-state index contributed by atoms with van der Waals surface area (Å²) in [5.41, 5.74) is 1.26. The quantitative estimate of drug-likeness (QED) is 0.338. The van der Waals surface area contributed by atoms with Crippen LogP contribution in [-0.2, 0) is 47.2 Å². The molecule has 0 unspecified atom stereocenters. The van der Waals surface area contributed by atoms with Crippen LogP contribution in [0, 0.1) is 17.3 Å². The summed E-state index contributed by atoms with van der Waals surface area (Å²) in [6.07, 6.45) is 0.868. The Labute approximate surface area is 282 Å². The molecule has 2 heterocycles. The number of aliphatic hydroxyl groups is 2. The number of aliphatic hydroxyl groups excluding tert-OH is 2. The number of carbonyl (C=O) groups excluding carboxylic acids is 2. The molecule has 0 aromatic heterocycles. The van der Waals surface area contributed by atoms with Crippen molar-refractivity contribution in [2.75, 3.05) is 66.1 Å². The number of anilines is 1. The number of hydrogen-bond donors (Lipinski definition) is 4. The number of ether oxygens (including phenoxy) is 4. The molecule has 2 fully saturated rings. The average Bonchev–Trinajstić information content (AvgIpc) is 3.66. The SMILES string of the molecule is CC(=O)C1=C(O)[C@@H](N(C)C)[C@@H]2C[C@@H]3Cc4c(N(C)C)cc(CC(=O)CNC(C)(C)C)c(O)c4C4(OCCO4)C3=C(O)[C@]2(C)C12OCCO2. The van der Waals surface area contributed by atoms with Crippen LogP contribution in [0.3, 0.4) is 0 Å². The van der Waals surface area contributed by atoms with Gasteiger partial charge in [0.15, 0.2) is 11.6 Å². The van der Waals surface area contributed by atoms with Crippen LogP contribution in [0.4, 0.5) is 5.69 Å². The Bertz CT molecular complexity index is 1580. The molecule has 264 valence electrons. The van der Waals surface area contributed by atoms with Crippen LogP contribution in [0.25, 0.3) is 0 Å². The summed E-state index contributed by atoms with van der Waals surface area (Å²) in [4.78, 5) is 30.3. The van der Waals surface area contributed by atoms with Gasteiger partial charge < -0.3 is 44.5 Å². The van der Waals surface area contributed by atoms with Gasteiger partial charge in [-0.1, -0.05) is 0 Å². The number of rotatable bonds is 7. The molecule has 5 aliphatic rings. The highest BCUT2D eigenvalue weighted by molar-refractivity contribution is 5.96. The number of fused-ring (bicyclic) bond motifs is 6. The number of phenolic OH excluding ortho intramolecular Hbond substituents is 1. The second-order valence-electron chi connectivity index (χ2n) is 15.5. The van der Waals surface area contributed by atoms with E-state index in [1.807, 2.05) is 71.8 Å². The third-order valence-electron chi connectivity index (χ3n) is 10.9. The Balaban J connectivity index is 1.59. The number of aromatic hydroxyl groups is 1. The summed E-state index contributed by atoms with van der Waals surface area (Å²) in [7, 11) is 7.51. The van der Waals surface area contributed by atoms with Crippen molar-refractivity contribution >= 4 is 17.3 Å². The smallest absolute Gasteiger partial charge is 0.226 e. The molecule has 1 aromatic carbocycles. The summed E-state index contributed by atoms with van der Waals surface area (Å²) in [5.74, 6) is -5.03. The highest BCUT2D eigenvalue weighted by Crippen LogP contribution is 2.67. The van der Waals surface area contributed by atoms with Crippen LogP contribution in [0.1, 0.15) is 57.7 Å². The van der Waals surface area contributed by atoms with Crippen LogP contribution in [0.2, 0.25) is 0 Å². The molecule has 0 bridgehead atoms. The topological polar surface area (TPSA) is 150 Å². The molecule has 0 saturated carbocycles. The molecule has 12 heteroatoms. The van der Waals surface area contributed by atoms with Crippen LogP contribution in [0.15, 0.2) is 28.7 Å². The van der Waals surface area contributed by atoms with E-state index < -0.39 is 34.7 Å². The van der Waals surface area contributed by atoms with Gasteiger partial charge in [0, 0.05) is 48.8 Å². The van der Waals surface area contributed by atoms with E-state index in [0.717, 1.165) is 11.3 Å². The Hall–Kier alpha value is -3.00. The van der Waals surface area contributed by atoms with Crippen molar-refractivity contribution in [1.29, 1.82) is 0 Å². The minimum atomic E-state index is -1.76. The molecule has 2 saturated heterocycles. The number of hydrogen-bond acceptors (Lipinski definition) is 12. The summed E-state index contributed by atoms with van der Waals surface area (Å²) in [5, 5.41) is 39.9. The number of benzene rings is 1. The lowest BCUT2D eigenvalue weighted by Crippen LogP contribution is -2.66. The standard InChI is InChI=1S/C36H51N3O9/c1-19(40)26-31(43)29(39(8)9)24-16-20-15-23-25(38(6)7)17-21(14-22(41)18-37-33(2,3)4)30(42)28(23)35(45-10-11-46-35)27(20)32(44)34(24,5)36(26)47-12-13-48-36/h17,20,24,29,37,42-44H,10-16,18H2,1-9H3/t20-,24-,29-,34+/m0/s1. The number of ketones is 2.